The van der Waals surface area contributed by atoms with Gasteiger partial charge in [-0.05, 0) is 31.2 Å². The quantitative estimate of drug-likeness (QED) is 0.865. The van der Waals surface area contributed by atoms with E-state index in [-0.39, 0.29) is 6.61 Å². The molecule has 0 amide bonds. The molecule has 7 heteroatoms. The zero-order valence-corrected chi connectivity index (χ0v) is 12.0. The van der Waals surface area contributed by atoms with Crippen molar-refractivity contribution in [3.63, 3.8) is 0 Å². The lowest BCUT2D eigenvalue weighted by atomic mass is 10.2. The van der Waals surface area contributed by atoms with E-state index in [1.54, 1.807) is 19.1 Å². The van der Waals surface area contributed by atoms with Gasteiger partial charge in [-0.3, -0.25) is 0 Å². The minimum absolute atomic E-state index is 0.162. The van der Waals surface area contributed by atoms with E-state index in [4.69, 9.17) is 32.7 Å². The molecule has 1 aliphatic heterocycles. The molecule has 1 aliphatic rings. The lowest BCUT2D eigenvalue weighted by molar-refractivity contribution is -0.168. The first-order chi connectivity index (χ1) is 9.47. The molecule has 1 atom stereocenters. The SMILES string of the molecule is CCOC(=O)C1(Nc2ccc(Cl)c(Cl)c2)C=CC(=O)O1. The van der Waals surface area contributed by atoms with Gasteiger partial charge in [0.25, 0.3) is 0 Å². The minimum atomic E-state index is -1.68. The van der Waals surface area contributed by atoms with Crippen molar-refractivity contribution in [3.8, 4) is 0 Å². The summed E-state index contributed by atoms with van der Waals surface area (Å²) in [6.45, 7) is 1.82. The van der Waals surface area contributed by atoms with Crippen molar-refractivity contribution in [3.05, 3.63) is 40.4 Å². The van der Waals surface area contributed by atoms with Crippen LogP contribution in [0.5, 0.6) is 0 Å². The number of carbonyl (C=O) groups is 2. The summed E-state index contributed by atoms with van der Waals surface area (Å²) in [5, 5.41) is 3.48. The van der Waals surface area contributed by atoms with Crippen LogP contribution in [-0.4, -0.2) is 24.3 Å². The lowest BCUT2D eigenvalue weighted by Crippen LogP contribution is -2.47. The Bertz CT molecular complexity index is 588. The van der Waals surface area contributed by atoms with Crippen LogP contribution in [0.25, 0.3) is 0 Å². The van der Waals surface area contributed by atoms with Gasteiger partial charge in [0.2, 0.25) is 0 Å². The second-order valence-electron chi connectivity index (χ2n) is 3.96. The maximum atomic E-state index is 12.0. The molecule has 0 fully saturated rings. The van der Waals surface area contributed by atoms with Gasteiger partial charge in [0, 0.05) is 11.8 Å². The van der Waals surface area contributed by atoms with E-state index < -0.39 is 17.7 Å². The predicted octanol–water partition coefficient (Wildman–Crippen LogP) is 2.78. The fourth-order valence-electron chi connectivity index (χ4n) is 1.67. The van der Waals surface area contributed by atoms with Crippen LogP contribution in [0, 0.1) is 0 Å². The first-order valence-corrected chi connectivity index (χ1v) is 6.55. The minimum Gasteiger partial charge on any atom is -0.461 e. The van der Waals surface area contributed by atoms with Gasteiger partial charge in [-0.1, -0.05) is 23.2 Å². The molecule has 5 nitrogen and oxygen atoms in total. The Morgan fingerprint density at radius 2 is 2.15 bits per heavy atom. The smallest absolute Gasteiger partial charge is 0.377 e. The molecular weight excluding hydrogens is 305 g/mol. The van der Waals surface area contributed by atoms with Crippen LogP contribution >= 0.6 is 23.2 Å². The van der Waals surface area contributed by atoms with Crippen molar-refractivity contribution in [2.75, 3.05) is 11.9 Å². The molecule has 0 saturated carbocycles. The summed E-state index contributed by atoms with van der Waals surface area (Å²) in [5.74, 6) is -1.35. The Balaban J connectivity index is 2.29. The molecule has 1 unspecified atom stereocenters. The highest BCUT2D eigenvalue weighted by atomic mass is 35.5. The largest absolute Gasteiger partial charge is 0.461 e. The number of anilines is 1. The molecule has 0 bridgehead atoms. The summed E-state index contributed by atoms with van der Waals surface area (Å²) >= 11 is 11.7. The fraction of sp³-hybridized carbons (Fsp3) is 0.231. The summed E-state index contributed by atoms with van der Waals surface area (Å²) in [6.07, 6.45) is 2.46. The van der Waals surface area contributed by atoms with Crippen LogP contribution in [-0.2, 0) is 19.1 Å². The standard InChI is InChI=1S/C13H11Cl2NO4/c1-2-19-12(18)13(6-5-11(17)20-13)16-8-3-4-9(14)10(15)7-8/h3-7,16H,2H2,1H3. The highest BCUT2D eigenvalue weighted by Crippen LogP contribution is 2.29. The summed E-state index contributed by atoms with van der Waals surface area (Å²) in [4.78, 5) is 23.3. The molecule has 0 spiro atoms. The second-order valence-corrected chi connectivity index (χ2v) is 4.78. The second kappa shape index (κ2) is 5.73. The number of rotatable bonds is 4. The van der Waals surface area contributed by atoms with Crippen LogP contribution in [0.15, 0.2) is 30.4 Å². The van der Waals surface area contributed by atoms with Gasteiger partial charge in [0.1, 0.15) is 0 Å². The molecule has 0 saturated heterocycles. The summed E-state index contributed by atoms with van der Waals surface area (Å²) in [7, 11) is 0. The molecule has 0 aromatic heterocycles. The van der Waals surface area contributed by atoms with Gasteiger partial charge in [-0.25, -0.2) is 9.59 Å². The zero-order valence-electron chi connectivity index (χ0n) is 10.5. The summed E-state index contributed by atoms with van der Waals surface area (Å²) in [6, 6.07) is 4.69. The number of carbonyl (C=O) groups excluding carboxylic acids is 2. The number of cyclic esters (lactones) is 1. The Morgan fingerprint density at radius 3 is 2.70 bits per heavy atom. The van der Waals surface area contributed by atoms with Crippen molar-refractivity contribution < 1.29 is 19.1 Å². The van der Waals surface area contributed by atoms with Gasteiger partial charge >= 0.3 is 17.7 Å². The first kappa shape index (κ1) is 14.7. The Labute approximate surface area is 125 Å². The molecule has 20 heavy (non-hydrogen) atoms. The Hall–Kier alpha value is -1.72. The number of halogens is 2. The number of hydrogen-bond donors (Lipinski definition) is 1. The molecule has 2 rings (SSSR count). The average molecular weight is 316 g/mol. The number of nitrogens with one attached hydrogen (secondary N) is 1. The maximum Gasteiger partial charge on any atom is 0.377 e. The monoisotopic (exact) mass is 315 g/mol. The van der Waals surface area contributed by atoms with E-state index in [0.29, 0.717) is 15.7 Å². The summed E-state index contributed by atoms with van der Waals surface area (Å²) in [5.41, 5.74) is -1.21. The Morgan fingerprint density at radius 1 is 1.40 bits per heavy atom. The molecule has 1 heterocycles. The first-order valence-electron chi connectivity index (χ1n) is 5.79. The van der Waals surface area contributed by atoms with Crippen LogP contribution in [0.2, 0.25) is 10.0 Å². The molecule has 1 N–H and O–H groups in total. The normalized spacial score (nSPS) is 20.6. The van der Waals surface area contributed by atoms with Crippen molar-refractivity contribution in [1.82, 2.24) is 0 Å². The van der Waals surface area contributed by atoms with Gasteiger partial charge in [-0.15, -0.1) is 0 Å². The molecule has 106 valence electrons. The van der Waals surface area contributed by atoms with Gasteiger partial charge in [-0.2, -0.15) is 0 Å². The molecule has 1 aromatic rings. The van der Waals surface area contributed by atoms with Crippen molar-refractivity contribution in [1.29, 1.82) is 0 Å². The van der Waals surface area contributed by atoms with E-state index in [9.17, 15) is 9.59 Å². The maximum absolute atomic E-state index is 12.0. The third kappa shape index (κ3) is 2.89. The number of hydrogen-bond acceptors (Lipinski definition) is 5. The molecular formula is C13H11Cl2NO4. The van der Waals surface area contributed by atoms with Crippen molar-refractivity contribution >= 4 is 40.8 Å². The van der Waals surface area contributed by atoms with E-state index >= 15 is 0 Å². The van der Waals surface area contributed by atoms with Crippen LogP contribution in [0.3, 0.4) is 0 Å². The molecule has 1 aromatic carbocycles. The number of esters is 2. The molecule has 0 radical (unpaired) electrons. The van der Waals surface area contributed by atoms with Gasteiger partial charge < -0.3 is 14.8 Å². The third-order valence-electron chi connectivity index (χ3n) is 2.54. The van der Waals surface area contributed by atoms with Gasteiger partial charge in [0.15, 0.2) is 0 Å². The van der Waals surface area contributed by atoms with E-state index in [1.807, 2.05) is 0 Å². The fourth-order valence-corrected chi connectivity index (χ4v) is 1.96. The highest BCUT2D eigenvalue weighted by molar-refractivity contribution is 6.42. The number of benzene rings is 1. The van der Waals surface area contributed by atoms with Crippen molar-refractivity contribution in [2.45, 2.75) is 12.6 Å². The highest BCUT2D eigenvalue weighted by Gasteiger charge is 2.45. The number of ether oxygens (including phenoxy) is 2. The van der Waals surface area contributed by atoms with Crippen LogP contribution in [0.1, 0.15) is 6.92 Å². The average Bonchev–Trinajstić information content (AvgIpc) is 2.77. The van der Waals surface area contributed by atoms with Crippen molar-refractivity contribution in [2.24, 2.45) is 0 Å². The Kier molecular flexibility index (Phi) is 4.20. The topological polar surface area (TPSA) is 64.6 Å². The zero-order chi connectivity index (χ0) is 14.8. The van der Waals surface area contributed by atoms with Crippen LogP contribution in [0.4, 0.5) is 5.69 Å². The van der Waals surface area contributed by atoms with Gasteiger partial charge in [0.05, 0.1) is 16.7 Å². The predicted molar refractivity (Wildman–Crippen MR) is 74.7 cm³/mol. The molecule has 0 aliphatic carbocycles. The van der Waals surface area contributed by atoms with Crippen LogP contribution < -0.4 is 5.32 Å². The van der Waals surface area contributed by atoms with E-state index in [1.165, 1.54) is 12.1 Å². The van der Waals surface area contributed by atoms with E-state index in [2.05, 4.69) is 5.32 Å². The lowest BCUT2D eigenvalue weighted by Gasteiger charge is -2.26. The third-order valence-corrected chi connectivity index (χ3v) is 3.28. The summed E-state index contributed by atoms with van der Waals surface area (Å²) < 4.78 is 9.94. The van der Waals surface area contributed by atoms with E-state index in [0.717, 1.165) is 6.08 Å².